The number of pyridine rings is 2. The van der Waals surface area contributed by atoms with E-state index in [0.717, 1.165) is 72.4 Å². The number of aromatic nitrogens is 2. The lowest BCUT2D eigenvalue weighted by Crippen LogP contribution is -2.20. The summed E-state index contributed by atoms with van der Waals surface area (Å²) in [6.45, 7) is 9.98. The van der Waals surface area contributed by atoms with Gasteiger partial charge in [-0.2, -0.15) is 0 Å². The summed E-state index contributed by atoms with van der Waals surface area (Å²) in [6.07, 6.45) is 6.11. The summed E-state index contributed by atoms with van der Waals surface area (Å²) in [7, 11) is 0. The van der Waals surface area contributed by atoms with Crippen molar-refractivity contribution in [2.45, 2.75) is 40.8 Å². The largest absolute Gasteiger partial charge is 0.493 e. The molecule has 0 spiro atoms. The van der Waals surface area contributed by atoms with Crippen molar-refractivity contribution in [2.24, 2.45) is 9.98 Å². The molecule has 0 bridgehead atoms. The number of nitrogens with one attached hydrogen (secondary N) is 2. The minimum atomic E-state index is -0.161. The van der Waals surface area contributed by atoms with Crippen LogP contribution in [-0.4, -0.2) is 57.4 Å². The number of aldehydes is 1. The molecule has 8 rings (SSSR count). The van der Waals surface area contributed by atoms with E-state index >= 15 is 0 Å². The van der Waals surface area contributed by atoms with Crippen LogP contribution in [0.25, 0.3) is 27.9 Å². The number of thioether (sulfide) groups is 2. The third-order valence-corrected chi connectivity index (χ3v) is 11.8. The first-order valence-corrected chi connectivity index (χ1v) is 21.8. The zero-order valence-corrected chi connectivity index (χ0v) is 37.0. The highest BCUT2D eigenvalue weighted by Gasteiger charge is 2.24. The smallest absolute Gasteiger partial charge is 0.264 e. The number of amidine groups is 2. The van der Waals surface area contributed by atoms with E-state index in [0.29, 0.717) is 57.9 Å². The van der Waals surface area contributed by atoms with Crippen LogP contribution in [0.2, 0.25) is 10.0 Å². The second kappa shape index (κ2) is 21.7. The zero-order chi connectivity index (χ0) is 43.3. The van der Waals surface area contributed by atoms with Gasteiger partial charge >= 0.3 is 0 Å². The summed E-state index contributed by atoms with van der Waals surface area (Å²) in [4.78, 5) is 52.1. The average Bonchev–Trinajstić information content (AvgIpc) is 3.84. The van der Waals surface area contributed by atoms with Crippen LogP contribution in [0.1, 0.15) is 52.0 Å². The molecule has 61 heavy (non-hydrogen) atoms. The minimum absolute atomic E-state index is 0.0135. The molecule has 2 fully saturated rings. The lowest BCUT2D eigenvalue weighted by atomic mass is 10.1. The van der Waals surface area contributed by atoms with Crippen molar-refractivity contribution in [1.29, 1.82) is 0 Å². The lowest BCUT2D eigenvalue weighted by molar-refractivity contribution is -0.117. The van der Waals surface area contributed by atoms with Gasteiger partial charge in [-0.05, 0) is 128 Å². The predicted molar refractivity (Wildman–Crippen MR) is 250 cm³/mol. The van der Waals surface area contributed by atoms with Crippen molar-refractivity contribution in [3.63, 3.8) is 0 Å². The molecule has 0 atom stereocenters. The molecule has 6 aromatic rings. The van der Waals surface area contributed by atoms with Gasteiger partial charge in [-0.3, -0.25) is 34.3 Å². The van der Waals surface area contributed by atoms with Crippen LogP contribution in [-0.2, 0) is 22.7 Å². The molecule has 2 aliphatic heterocycles. The first-order valence-electron chi connectivity index (χ1n) is 19.3. The van der Waals surface area contributed by atoms with Crippen LogP contribution < -0.4 is 20.1 Å². The number of halogens is 2. The Labute approximate surface area is 372 Å². The van der Waals surface area contributed by atoms with Gasteiger partial charge in [0.2, 0.25) is 5.91 Å². The van der Waals surface area contributed by atoms with E-state index in [1.165, 1.54) is 23.5 Å². The molecule has 0 radical (unpaired) electrons. The Balaban J connectivity index is 0.000000169. The highest BCUT2D eigenvalue weighted by Crippen LogP contribution is 2.31. The Bertz CT molecular complexity index is 2650. The van der Waals surface area contributed by atoms with E-state index in [1.807, 2.05) is 101 Å². The van der Waals surface area contributed by atoms with Gasteiger partial charge in [-0.1, -0.05) is 65.3 Å². The predicted octanol–water partition coefficient (Wildman–Crippen LogP) is 10.2. The van der Waals surface area contributed by atoms with Gasteiger partial charge < -0.3 is 20.1 Å². The number of rotatable bonds is 10. The third-order valence-electron chi connectivity index (χ3n) is 9.19. The topological polar surface area (TPSA) is 144 Å². The number of carbonyl (C=O) groups is 3. The van der Waals surface area contributed by atoms with Crippen molar-refractivity contribution >= 4 is 103 Å². The SMILES string of the molecule is CCOc1ccnc2ccc(/C=C3\SC(=NCc4c(C)cccc4Cl)NC3=O)cc12.CCOc1ccnc2ccc(C=O)cc12.Cc1cccc(Cl)c1CN=C1NC(=O)CS1. The normalized spacial score (nSPS) is 15.3. The summed E-state index contributed by atoms with van der Waals surface area (Å²) in [5, 5.41) is 9.98. The number of fused-ring (bicyclic) bond motifs is 2. The summed E-state index contributed by atoms with van der Waals surface area (Å²) < 4.78 is 11.2. The van der Waals surface area contributed by atoms with Gasteiger partial charge in [-0.15, -0.1) is 0 Å². The molecular weight excluding hydrogens is 852 g/mol. The number of ether oxygens (including phenoxy) is 2. The number of carbonyl (C=O) groups excluding carboxylic acids is 3. The van der Waals surface area contributed by atoms with Crippen LogP contribution >= 0.6 is 46.7 Å². The van der Waals surface area contributed by atoms with Crippen LogP contribution in [0.5, 0.6) is 11.5 Å². The van der Waals surface area contributed by atoms with E-state index in [1.54, 1.807) is 30.6 Å². The molecule has 2 N–H and O–H groups in total. The highest BCUT2D eigenvalue weighted by atomic mass is 35.5. The van der Waals surface area contributed by atoms with Crippen molar-refractivity contribution in [3.05, 3.63) is 146 Å². The first kappa shape index (κ1) is 44.8. The maximum Gasteiger partial charge on any atom is 0.264 e. The fourth-order valence-electron chi connectivity index (χ4n) is 6.10. The monoisotopic (exact) mass is 892 g/mol. The van der Waals surface area contributed by atoms with E-state index in [-0.39, 0.29) is 11.8 Å². The molecule has 0 saturated carbocycles. The van der Waals surface area contributed by atoms with Crippen LogP contribution in [0, 0.1) is 13.8 Å². The fourth-order valence-corrected chi connectivity index (χ4v) is 8.17. The maximum atomic E-state index is 12.4. The maximum absolute atomic E-state index is 12.4. The third kappa shape index (κ3) is 12.0. The Morgan fingerprint density at radius 2 is 1.26 bits per heavy atom. The van der Waals surface area contributed by atoms with E-state index in [4.69, 9.17) is 32.7 Å². The summed E-state index contributed by atoms with van der Waals surface area (Å²) in [5.41, 5.74) is 7.39. The van der Waals surface area contributed by atoms with Crippen molar-refractivity contribution in [1.82, 2.24) is 20.6 Å². The molecular formula is C46H42Cl2N6O5S2. The van der Waals surface area contributed by atoms with E-state index < -0.39 is 0 Å². The molecule has 4 aromatic carbocycles. The molecule has 4 heterocycles. The number of benzene rings is 4. The van der Waals surface area contributed by atoms with Gasteiger partial charge in [0, 0.05) is 38.8 Å². The fraction of sp³-hybridized carbons (Fsp3) is 0.196. The van der Waals surface area contributed by atoms with Gasteiger partial charge in [0.15, 0.2) is 10.3 Å². The van der Waals surface area contributed by atoms with Gasteiger partial charge in [0.05, 0.1) is 48.0 Å². The van der Waals surface area contributed by atoms with Crippen molar-refractivity contribution < 1.29 is 23.9 Å². The molecule has 2 aromatic heterocycles. The quantitative estimate of drug-likeness (QED) is 0.101. The van der Waals surface area contributed by atoms with Crippen LogP contribution in [0.15, 0.2) is 112 Å². The van der Waals surface area contributed by atoms with E-state index in [9.17, 15) is 14.4 Å². The standard InChI is InChI=1S/C23H20ClN3O2S.C12H11NO2.C11H11ClN2OS/c1-3-29-20-9-10-25-19-8-7-15(11-16(19)20)12-21-22(28)27-23(30-21)26-13-17-14(2)5-4-6-18(17)24;1-2-15-12-5-6-13-11-4-3-9(8-14)7-10(11)12;1-7-3-2-4-9(12)8(7)5-13-11-14-10(15)6-16-11/h4-12H,3,13H2,1-2H3,(H,26,27,28);3-8H,2H2,1H3;2-4H,5-6H2,1H3,(H,13,14,15)/b21-12-;;. The Kier molecular flexibility index (Phi) is 15.9. The molecule has 15 heteroatoms. The van der Waals surface area contributed by atoms with Crippen molar-refractivity contribution in [3.8, 4) is 11.5 Å². The molecule has 0 aliphatic carbocycles. The van der Waals surface area contributed by atoms with Crippen LogP contribution in [0.4, 0.5) is 0 Å². The number of amides is 2. The van der Waals surface area contributed by atoms with Gasteiger partial charge in [0.25, 0.3) is 5.91 Å². The number of aryl methyl sites for hydroxylation is 2. The zero-order valence-electron chi connectivity index (χ0n) is 33.8. The Hall–Kier alpha value is -5.73. The van der Waals surface area contributed by atoms with Crippen molar-refractivity contribution in [2.75, 3.05) is 19.0 Å². The van der Waals surface area contributed by atoms with Gasteiger partial charge in [0.1, 0.15) is 17.8 Å². The van der Waals surface area contributed by atoms with Gasteiger partial charge in [-0.25, -0.2) is 0 Å². The second-order valence-corrected chi connectivity index (χ2v) is 16.2. The molecule has 2 saturated heterocycles. The molecule has 11 nitrogen and oxygen atoms in total. The Morgan fingerprint density at radius 1 is 0.721 bits per heavy atom. The van der Waals surface area contributed by atoms with E-state index in [2.05, 4.69) is 30.6 Å². The summed E-state index contributed by atoms with van der Waals surface area (Å²) in [5.74, 6) is 1.86. The number of aliphatic imine (C=N–C) groups is 2. The lowest BCUT2D eigenvalue weighted by Gasteiger charge is -2.07. The average molecular weight is 894 g/mol. The summed E-state index contributed by atoms with van der Waals surface area (Å²) in [6, 6.07) is 26.4. The first-order chi connectivity index (χ1) is 29.6. The second-order valence-electron chi connectivity index (χ2n) is 13.4. The molecule has 2 aliphatic rings. The molecule has 2 amide bonds. The molecule has 0 unspecified atom stereocenters. The number of hydrogen-bond donors (Lipinski definition) is 2. The highest BCUT2D eigenvalue weighted by molar-refractivity contribution is 8.18. The summed E-state index contributed by atoms with van der Waals surface area (Å²) >= 11 is 15.1. The number of nitrogens with zero attached hydrogens (tertiary/aromatic N) is 4. The minimum Gasteiger partial charge on any atom is -0.493 e. The number of hydrogen-bond acceptors (Lipinski definition) is 11. The Morgan fingerprint density at radius 3 is 1.77 bits per heavy atom. The molecule has 312 valence electrons. The van der Waals surface area contributed by atoms with Crippen LogP contribution in [0.3, 0.4) is 0 Å².